The lowest BCUT2D eigenvalue weighted by atomic mass is 9.89. The van der Waals surface area contributed by atoms with E-state index < -0.39 is 18.1 Å². The highest BCUT2D eigenvalue weighted by atomic mass is 79.9. The average molecular weight is 443 g/mol. The number of H-pyrrole nitrogens is 1. The van der Waals surface area contributed by atoms with Crippen LogP contribution in [0.15, 0.2) is 57.6 Å². The van der Waals surface area contributed by atoms with E-state index in [-0.39, 0.29) is 5.91 Å². The smallest absolute Gasteiger partial charge is 0.328 e. The molecule has 7 heteroatoms. The molecule has 2 atom stereocenters. The maximum absolute atomic E-state index is 13.1. The molecule has 0 spiro atoms. The third kappa shape index (κ3) is 2.86. The molecule has 0 saturated carbocycles. The summed E-state index contributed by atoms with van der Waals surface area (Å²) >= 11 is 3.33. The summed E-state index contributed by atoms with van der Waals surface area (Å²) in [6.45, 7) is 5.42. The van der Waals surface area contributed by atoms with Gasteiger partial charge >= 0.3 is 5.97 Å². The fourth-order valence-corrected chi connectivity index (χ4v) is 4.17. The number of ether oxygens (including phenoxy) is 1. The maximum atomic E-state index is 13.1. The summed E-state index contributed by atoms with van der Waals surface area (Å²) in [6.07, 6.45) is 0.351. The molecule has 2 aromatic heterocycles. The van der Waals surface area contributed by atoms with Gasteiger partial charge in [-0.3, -0.25) is 4.79 Å². The Balaban J connectivity index is 1.99. The quantitative estimate of drug-likeness (QED) is 0.488. The zero-order chi connectivity index (χ0) is 20.0. The van der Waals surface area contributed by atoms with Gasteiger partial charge in [0.25, 0.3) is 5.91 Å². The van der Waals surface area contributed by atoms with Crippen LogP contribution < -0.4 is 0 Å². The number of esters is 1. The van der Waals surface area contributed by atoms with Gasteiger partial charge in [-0.25, -0.2) is 4.79 Å². The minimum atomic E-state index is -0.783. The topological polar surface area (TPSA) is 75.5 Å². The Hall–Kier alpha value is -2.80. The van der Waals surface area contributed by atoms with Crippen molar-refractivity contribution >= 4 is 38.7 Å². The van der Waals surface area contributed by atoms with E-state index in [0.717, 1.165) is 22.2 Å². The number of amides is 1. The molecule has 144 valence electrons. The number of hydrogen-bond acceptors (Lipinski definition) is 4. The predicted molar refractivity (Wildman–Crippen MR) is 108 cm³/mol. The molecular weight excluding hydrogens is 424 g/mol. The van der Waals surface area contributed by atoms with Gasteiger partial charge in [0.05, 0.1) is 12.8 Å². The van der Waals surface area contributed by atoms with Crippen molar-refractivity contribution in [2.75, 3.05) is 7.11 Å². The molecule has 3 aromatic rings. The lowest BCUT2D eigenvalue weighted by Gasteiger charge is -2.39. The van der Waals surface area contributed by atoms with E-state index in [1.165, 1.54) is 12.0 Å². The lowest BCUT2D eigenvalue weighted by molar-refractivity contribution is -0.154. The summed E-state index contributed by atoms with van der Waals surface area (Å²) in [5.41, 5.74) is 3.09. The molecule has 3 heterocycles. The predicted octanol–water partition coefficient (Wildman–Crippen LogP) is 4.12. The number of rotatable bonds is 3. The number of aromatic amines is 1. The summed E-state index contributed by atoms with van der Waals surface area (Å²) in [7, 11) is 1.33. The Bertz CT molecular complexity index is 1100. The Labute approximate surface area is 170 Å². The average Bonchev–Trinajstić information content (AvgIpc) is 3.28. The van der Waals surface area contributed by atoms with Gasteiger partial charge in [-0.2, -0.15) is 0 Å². The molecule has 1 aliphatic rings. The van der Waals surface area contributed by atoms with Gasteiger partial charge in [0.2, 0.25) is 0 Å². The van der Waals surface area contributed by atoms with E-state index in [1.807, 2.05) is 24.3 Å². The van der Waals surface area contributed by atoms with Gasteiger partial charge < -0.3 is 19.0 Å². The zero-order valence-corrected chi connectivity index (χ0v) is 17.1. The molecule has 0 fully saturated rings. The van der Waals surface area contributed by atoms with Crippen molar-refractivity contribution in [2.45, 2.75) is 25.4 Å². The Kier molecular flexibility index (Phi) is 4.63. The number of benzene rings is 1. The normalized spacial score (nSPS) is 18.8. The molecular formula is C21H19BrN2O4. The number of hydrogen-bond donors (Lipinski definition) is 1. The fourth-order valence-electron chi connectivity index (χ4n) is 3.85. The second-order valence-corrected chi connectivity index (χ2v) is 7.62. The Morgan fingerprint density at radius 3 is 2.68 bits per heavy atom. The van der Waals surface area contributed by atoms with Gasteiger partial charge in [0, 0.05) is 22.9 Å². The molecule has 0 aliphatic carbocycles. The van der Waals surface area contributed by atoms with Crippen LogP contribution in [0.5, 0.6) is 0 Å². The van der Waals surface area contributed by atoms with Crippen LogP contribution in [0.2, 0.25) is 0 Å². The second-order valence-electron chi connectivity index (χ2n) is 6.84. The van der Waals surface area contributed by atoms with Crippen LogP contribution >= 0.6 is 15.9 Å². The number of halogens is 1. The summed E-state index contributed by atoms with van der Waals surface area (Å²) in [5.74, 6) is -0.249. The molecule has 0 unspecified atom stereocenters. The summed E-state index contributed by atoms with van der Waals surface area (Å²) in [5, 5.41) is 1.02. The number of para-hydroxylation sites is 1. The number of furan rings is 1. The van der Waals surface area contributed by atoms with Crippen LogP contribution in [-0.4, -0.2) is 34.9 Å². The van der Waals surface area contributed by atoms with E-state index in [2.05, 4.69) is 27.5 Å². The largest absolute Gasteiger partial charge is 0.467 e. The third-order valence-corrected chi connectivity index (χ3v) is 5.49. The van der Waals surface area contributed by atoms with Crippen LogP contribution in [0.4, 0.5) is 0 Å². The minimum absolute atomic E-state index is 0.322. The van der Waals surface area contributed by atoms with Crippen molar-refractivity contribution in [3.8, 4) is 0 Å². The van der Waals surface area contributed by atoms with E-state index in [9.17, 15) is 9.59 Å². The molecule has 0 bridgehead atoms. The minimum Gasteiger partial charge on any atom is -0.467 e. The SMILES string of the molecule is C=C(C)C(=O)N1[C@@H](c2ccc(Br)o2)c2[nH]c3ccccc3c2C[C@H]1C(=O)OC. The monoisotopic (exact) mass is 442 g/mol. The summed E-state index contributed by atoms with van der Waals surface area (Å²) in [4.78, 5) is 30.7. The van der Waals surface area contributed by atoms with Gasteiger partial charge in [0.1, 0.15) is 17.8 Å². The van der Waals surface area contributed by atoms with E-state index in [1.54, 1.807) is 19.1 Å². The zero-order valence-electron chi connectivity index (χ0n) is 15.5. The van der Waals surface area contributed by atoms with Crippen molar-refractivity contribution in [3.05, 3.63) is 70.2 Å². The highest BCUT2D eigenvalue weighted by molar-refractivity contribution is 9.10. The van der Waals surface area contributed by atoms with Crippen molar-refractivity contribution in [3.63, 3.8) is 0 Å². The first-order valence-corrected chi connectivity index (χ1v) is 9.62. The molecule has 1 N–H and O–H groups in total. The fraction of sp³-hybridized carbons (Fsp3) is 0.238. The Morgan fingerprint density at radius 1 is 1.29 bits per heavy atom. The van der Waals surface area contributed by atoms with Gasteiger partial charge in [-0.1, -0.05) is 24.8 Å². The molecule has 1 amide bonds. The number of fused-ring (bicyclic) bond motifs is 3. The first-order valence-electron chi connectivity index (χ1n) is 8.83. The third-order valence-electron chi connectivity index (χ3n) is 5.07. The highest BCUT2D eigenvalue weighted by Gasteiger charge is 2.45. The highest BCUT2D eigenvalue weighted by Crippen LogP contribution is 2.42. The van der Waals surface area contributed by atoms with Crippen LogP contribution in [0.1, 0.15) is 30.0 Å². The van der Waals surface area contributed by atoms with E-state index in [0.29, 0.717) is 22.4 Å². The molecule has 28 heavy (non-hydrogen) atoms. The van der Waals surface area contributed by atoms with Crippen LogP contribution in [0, 0.1) is 0 Å². The van der Waals surface area contributed by atoms with Crippen LogP contribution in [0.3, 0.4) is 0 Å². The molecule has 6 nitrogen and oxygen atoms in total. The second kappa shape index (κ2) is 6.98. The van der Waals surface area contributed by atoms with Crippen molar-refractivity contribution in [1.82, 2.24) is 9.88 Å². The standard InChI is InChI=1S/C21H19BrN2O4/c1-11(2)20(25)24-15(21(26)27-3)10-13-12-6-4-5-7-14(12)23-18(13)19(24)16-8-9-17(22)28-16/h4-9,15,19,23H,1,10H2,2-3H3/t15-,19-/m0/s1. The number of nitrogens with one attached hydrogen (secondary N) is 1. The van der Waals surface area contributed by atoms with Crippen molar-refractivity contribution in [1.29, 1.82) is 0 Å². The molecule has 0 radical (unpaired) electrons. The maximum Gasteiger partial charge on any atom is 0.328 e. The number of carbonyl (C=O) groups excluding carboxylic acids is 2. The summed E-state index contributed by atoms with van der Waals surface area (Å²) in [6, 6.07) is 10.0. The first-order chi connectivity index (χ1) is 13.4. The molecule has 4 rings (SSSR count). The molecule has 1 aliphatic heterocycles. The number of nitrogens with zero attached hydrogens (tertiary/aromatic N) is 1. The van der Waals surface area contributed by atoms with Crippen molar-refractivity contribution in [2.24, 2.45) is 0 Å². The Morgan fingerprint density at radius 2 is 2.04 bits per heavy atom. The summed E-state index contributed by atoms with van der Waals surface area (Å²) < 4.78 is 11.4. The number of methoxy groups -OCH3 is 1. The van der Waals surface area contributed by atoms with Crippen LogP contribution in [-0.2, 0) is 20.7 Å². The molecule has 0 saturated heterocycles. The van der Waals surface area contributed by atoms with Gasteiger partial charge in [0.15, 0.2) is 4.67 Å². The molecule has 1 aromatic carbocycles. The first kappa shape index (κ1) is 18.6. The van der Waals surface area contributed by atoms with Crippen LogP contribution in [0.25, 0.3) is 10.9 Å². The van der Waals surface area contributed by atoms with E-state index >= 15 is 0 Å². The number of aromatic nitrogens is 1. The number of carbonyl (C=O) groups is 2. The van der Waals surface area contributed by atoms with Crippen molar-refractivity contribution < 1.29 is 18.7 Å². The van der Waals surface area contributed by atoms with Gasteiger partial charge in [-0.15, -0.1) is 0 Å². The van der Waals surface area contributed by atoms with Gasteiger partial charge in [-0.05, 0) is 46.6 Å². The lowest BCUT2D eigenvalue weighted by Crippen LogP contribution is -2.52. The van der Waals surface area contributed by atoms with E-state index in [4.69, 9.17) is 9.15 Å².